The van der Waals surface area contributed by atoms with Gasteiger partial charge in [-0.25, -0.2) is 0 Å². The molecule has 0 heterocycles. The van der Waals surface area contributed by atoms with Crippen LogP contribution < -0.4 is 0 Å². The molecule has 1 unspecified atom stereocenters. The Labute approximate surface area is 104 Å². The molecular formula is C13H20ClNO. The molecule has 0 saturated carbocycles. The molecule has 1 rings (SSSR count). The van der Waals surface area contributed by atoms with Gasteiger partial charge < -0.3 is 4.90 Å². The van der Waals surface area contributed by atoms with Crippen LogP contribution in [0.4, 0.5) is 0 Å². The molecule has 1 atom stereocenters. The first-order chi connectivity index (χ1) is 7.15. The fraction of sp³-hybridized carbons (Fsp3) is 0.462. The second kappa shape index (κ2) is 7.42. The molecule has 0 aromatic heterocycles. The van der Waals surface area contributed by atoms with E-state index in [2.05, 4.69) is 11.8 Å². The number of halogens is 1. The summed E-state index contributed by atoms with van der Waals surface area (Å²) >= 11 is 0. The van der Waals surface area contributed by atoms with Crippen LogP contribution in [0.15, 0.2) is 30.3 Å². The predicted octanol–water partition coefficient (Wildman–Crippen LogP) is 2.88. The molecule has 2 nitrogen and oxygen atoms in total. The fourth-order valence-corrected chi connectivity index (χ4v) is 1.68. The van der Waals surface area contributed by atoms with Gasteiger partial charge in [0.25, 0.3) is 0 Å². The summed E-state index contributed by atoms with van der Waals surface area (Å²) in [6.07, 6.45) is 0.895. The van der Waals surface area contributed by atoms with E-state index in [0.717, 1.165) is 18.5 Å². The van der Waals surface area contributed by atoms with Gasteiger partial charge in [-0.2, -0.15) is 0 Å². The number of hydrogen-bond donors (Lipinski definition) is 0. The third-order valence-electron chi connectivity index (χ3n) is 2.51. The van der Waals surface area contributed by atoms with Crippen molar-refractivity contribution < 1.29 is 4.79 Å². The van der Waals surface area contributed by atoms with E-state index in [4.69, 9.17) is 0 Å². The first-order valence-electron chi connectivity index (χ1n) is 5.39. The van der Waals surface area contributed by atoms with Gasteiger partial charge in [0.1, 0.15) is 0 Å². The van der Waals surface area contributed by atoms with Crippen molar-refractivity contribution >= 4 is 18.2 Å². The third kappa shape index (κ3) is 4.33. The maximum atomic E-state index is 12.1. The molecule has 1 aromatic carbocycles. The molecule has 16 heavy (non-hydrogen) atoms. The van der Waals surface area contributed by atoms with Gasteiger partial charge in [0.05, 0.1) is 0 Å². The zero-order valence-corrected chi connectivity index (χ0v) is 11.0. The van der Waals surface area contributed by atoms with Gasteiger partial charge in [-0.1, -0.05) is 37.3 Å². The second-order valence-electron chi connectivity index (χ2n) is 4.10. The summed E-state index contributed by atoms with van der Waals surface area (Å²) in [7, 11) is 4.00. The Morgan fingerprint density at radius 2 is 1.81 bits per heavy atom. The van der Waals surface area contributed by atoms with Crippen LogP contribution in [-0.4, -0.2) is 31.3 Å². The molecule has 0 saturated heterocycles. The van der Waals surface area contributed by atoms with Gasteiger partial charge in [-0.3, -0.25) is 4.79 Å². The van der Waals surface area contributed by atoms with Crippen LogP contribution in [0, 0.1) is 5.92 Å². The molecule has 0 aliphatic carbocycles. The number of carbonyl (C=O) groups excluding carboxylic acids is 1. The Kier molecular flexibility index (Phi) is 7.02. The van der Waals surface area contributed by atoms with Crippen molar-refractivity contribution in [1.82, 2.24) is 4.90 Å². The van der Waals surface area contributed by atoms with Crippen LogP contribution in [0.2, 0.25) is 0 Å². The molecule has 3 heteroatoms. The van der Waals surface area contributed by atoms with Crippen molar-refractivity contribution in [2.24, 2.45) is 5.92 Å². The Morgan fingerprint density at radius 1 is 1.25 bits per heavy atom. The van der Waals surface area contributed by atoms with E-state index in [0.29, 0.717) is 0 Å². The summed E-state index contributed by atoms with van der Waals surface area (Å²) in [6.45, 7) is 2.89. The molecule has 0 N–H and O–H groups in total. The Morgan fingerprint density at radius 3 is 2.25 bits per heavy atom. The molecule has 90 valence electrons. The van der Waals surface area contributed by atoms with Crippen molar-refractivity contribution in [2.45, 2.75) is 13.3 Å². The topological polar surface area (TPSA) is 20.3 Å². The van der Waals surface area contributed by atoms with E-state index in [-0.39, 0.29) is 24.1 Å². The molecule has 1 aromatic rings. The second-order valence-corrected chi connectivity index (χ2v) is 4.10. The van der Waals surface area contributed by atoms with Gasteiger partial charge in [-0.15, -0.1) is 12.4 Å². The first kappa shape index (κ1) is 15.1. The Balaban J connectivity index is 0.00000225. The summed E-state index contributed by atoms with van der Waals surface area (Å²) in [6, 6.07) is 9.54. The summed E-state index contributed by atoms with van der Waals surface area (Å²) in [5.41, 5.74) is 0.825. The fourth-order valence-electron chi connectivity index (χ4n) is 1.68. The number of carbonyl (C=O) groups is 1. The monoisotopic (exact) mass is 241 g/mol. The van der Waals surface area contributed by atoms with E-state index < -0.39 is 0 Å². The van der Waals surface area contributed by atoms with Gasteiger partial charge in [-0.05, 0) is 20.5 Å². The van der Waals surface area contributed by atoms with Crippen molar-refractivity contribution in [2.75, 3.05) is 20.6 Å². The number of hydrogen-bond acceptors (Lipinski definition) is 2. The summed E-state index contributed by atoms with van der Waals surface area (Å²) in [5, 5.41) is 0. The number of benzene rings is 1. The average molecular weight is 242 g/mol. The third-order valence-corrected chi connectivity index (χ3v) is 2.51. The lowest BCUT2D eigenvalue weighted by Gasteiger charge is -2.18. The highest BCUT2D eigenvalue weighted by Crippen LogP contribution is 2.12. The highest BCUT2D eigenvalue weighted by atomic mass is 35.5. The van der Waals surface area contributed by atoms with E-state index in [9.17, 15) is 4.79 Å². The van der Waals surface area contributed by atoms with Crippen molar-refractivity contribution in [3.8, 4) is 0 Å². The highest BCUT2D eigenvalue weighted by molar-refractivity contribution is 5.97. The van der Waals surface area contributed by atoms with Crippen LogP contribution in [0.5, 0.6) is 0 Å². The van der Waals surface area contributed by atoms with Gasteiger partial charge in [0.15, 0.2) is 5.78 Å². The average Bonchev–Trinajstić information content (AvgIpc) is 2.26. The standard InChI is InChI=1S/C13H19NO.ClH/c1-4-11(10-14(2)3)13(15)12-8-6-5-7-9-12;/h5-9,11H,4,10H2,1-3H3;1H. The lowest BCUT2D eigenvalue weighted by Crippen LogP contribution is -2.27. The minimum Gasteiger partial charge on any atom is -0.309 e. The van der Waals surface area contributed by atoms with Gasteiger partial charge in [0, 0.05) is 18.0 Å². The van der Waals surface area contributed by atoms with Crippen molar-refractivity contribution in [1.29, 1.82) is 0 Å². The number of rotatable bonds is 5. The molecule has 0 amide bonds. The zero-order valence-electron chi connectivity index (χ0n) is 10.1. The van der Waals surface area contributed by atoms with Gasteiger partial charge >= 0.3 is 0 Å². The number of ketones is 1. The van der Waals surface area contributed by atoms with Crippen LogP contribution >= 0.6 is 12.4 Å². The van der Waals surface area contributed by atoms with E-state index in [1.54, 1.807) is 0 Å². The lowest BCUT2D eigenvalue weighted by molar-refractivity contribution is 0.0894. The SMILES string of the molecule is CCC(CN(C)C)C(=O)c1ccccc1.Cl. The molecule has 0 aliphatic rings. The minimum absolute atomic E-state index is 0. The van der Waals surface area contributed by atoms with Crippen molar-refractivity contribution in [3.05, 3.63) is 35.9 Å². The van der Waals surface area contributed by atoms with E-state index >= 15 is 0 Å². The summed E-state index contributed by atoms with van der Waals surface area (Å²) in [4.78, 5) is 14.1. The molecule has 0 radical (unpaired) electrons. The largest absolute Gasteiger partial charge is 0.309 e. The smallest absolute Gasteiger partial charge is 0.167 e. The quantitative estimate of drug-likeness (QED) is 0.739. The van der Waals surface area contributed by atoms with Crippen LogP contribution in [-0.2, 0) is 0 Å². The van der Waals surface area contributed by atoms with Crippen molar-refractivity contribution in [3.63, 3.8) is 0 Å². The predicted molar refractivity (Wildman–Crippen MR) is 70.4 cm³/mol. The minimum atomic E-state index is 0. The van der Waals surface area contributed by atoms with E-state index in [1.807, 2.05) is 44.4 Å². The maximum absolute atomic E-state index is 12.1. The molecule has 0 aliphatic heterocycles. The molecule has 0 fully saturated rings. The summed E-state index contributed by atoms with van der Waals surface area (Å²) < 4.78 is 0. The number of nitrogens with zero attached hydrogens (tertiary/aromatic N) is 1. The van der Waals surface area contributed by atoms with Crippen LogP contribution in [0.1, 0.15) is 23.7 Å². The lowest BCUT2D eigenvalue weighted by atomic mass is 9.95. The highest BCUT2D eigenvalue weighted by Gasteiger charge is 2.18. The Hall–Kier alpha value is -0.860. The Bertz CT molecular complexity index is 311. The van der Waals surface area contributed by atoms with Crippen LogP contribution in [0.25, 0.3) is 0 Å². The maximum Gasteiger partial charge on any atom is 0.167 e. The first-order valence-corrected chi connectivity index (χ1v) is 5.39. The molecule has 0 spiro atoms. The van der Waals surface area contributed by atoms with Crippen LogP contribution in [0.3, 0.4) is 0 Å². The zero-order chi connectivity index (χ0) is 11.3. The molecular weight excluding hydrogens is 222 g/mol. The van der Waals surface area contributed by atoms with E-state index in [1.165, 1.54) is 0 Å². The molecule has 0 bridgehead atoms. The number of Topliss-reactive ketones (excluding diaryl/α,β-unsaturated/α-hetero) is 1. The van der Waals surface area contributed by atoms with Gasteiger partial charge in [0.2, 0.25) is 0 Å². The normalized spacial score (nSPS) is 12.0. The summed E-state index contributed by atoms with van der Waals surface area (Å²) in [5.74, 6) is 0.370.